The van der Waals surface area contributed by atoms with Crippen molar-refractivity contribution in [3.05, 3.63) is 70.8 Å². The molecule has 1 heterocycles. The fourth-order valence-corrected chi connectivity index (χ4v) is 2.98. The van der Waals surface area contributed by atoms with Gasteiger partial charge >= 0.3 is 0 Å². The third-order valence-electron chi connectivity index (χ3n) is 4.43. The van der Waals surface area contributed by atoms with Gasteiger partial charge in [0.1, 0.15) is 5.84 Å². The molecule has 0 atom stereocenters. The van der Waals surface area contributed by atoms with Gasteiger partial charge in [0, 0.05) is 11.0 Å². The molecule has 3 heteroatoms. The highest BCUT2D eigenvalue weighted by molar-refractivity contribution is 6.24. The molecule has 0 unspecified atom stereocenters. The van der Waals surface area contributed by atoms with Gasteiger partial charge in [-0.1, -0.05) is 63.2 Å². The molecule has 0 radical (unpaired) electrons. The lowest BCUT2D eigenvalue weighted by molar-refractivity contribution is 0.0983. The number of rotatable bonds is 4. The molecule has 118 valence electrons. The van der Waals surface area contributed by atoms with Gasteiger partial charge in [0.05, 0.1) is 12.1 Å². The third kappa shape index (κ3) is 2.91. The summed E-state index contributed by atoms with van der Waals surface area (Å²) in [6.45, 7) is 7.08. The fourth-order valence-electron chi connectivity index (χ4n) is 2.98. The van der Waals surface area contributed by atoms with Crippen molar-refractivity contribution in [3.8, 4) is 0 Å². The minimum Gasteiger partial charge on any atom is -0.306 e. The van der Waals surface area contributed by atoms with Crippen LogP contribution in [0.5, 0.6) is 0 Å². The predicted molar refractivity (Wildman–Crippen MR) is 94.2 cm³/mol. The molecular formula is C20H22N2O. The van der Waals surface area contributed by atoms with Gasteiger partial charge in [-0.15, -0.1) is 0 Å². The zero-order valence-corrected chi connectivity index (χ0v) is 13.9. The van der Waals surface area contributed by atoms with E-state index in [9.17, 15) is 4.79 Å². The first-order valence-electron chi connectivity index (χ1n) is 8.06. The monoisotopic (exact) mass is 306 g/mol. The van der Waals surface area contributed by atoms with Crippen LogP contribution < -0.4 is 5.32 Å². The van der Waals surface area contributed by atoms with Gasteiger partial charge in [-0.2, -0.15) is 0 Å². The minimum atomic E-state index is -0.0805. The maximum absolute atomic E-state index is 12.1. The van der Waals surface area contributed by atoms with Crippen LogP contribution in [0.25, 0.3) is 0 Å². The first-order valence-corrected chi connectivity index (χ1v) is 8.06. The highest BCUT2D eigenvalue weighted by atomic mass is 16.2. The molecule has 0 bridgehead atoms. The third-order valence-corrected chi connectivity index (χ3v) is 4.43. The van der Waals surface area contributed by atoms with Gasteiger partial charge in [-0.05, 0) is 23.6 Å². The smallest absolute Gasteiger partial charge is 0.257 e. The summed E-state index contributed by atoms with van der Waals surface area (Å²) in [7, 11) is 0. The highest BCUT2D eigenvalue weighted by Crippen LogP contribution is 2.25. The number of amidine groups is 1. The largest absolute Gasteiger partial charge is 0.306 e. The first-order chi connectivity index (χ1) is 11.0. The number of nitrogens with one attached hydrogen (secondary N) is 1. The van der Waals surface area contributed by atoms with Crippen molar-refractivity contribution in [1.82, 2.24) is 5.32 Å². The lowest BCUT2D eigenvalue weighted by atomic mass is 9.85. The van der Waals surface area contributed by atoms with Gasteiger partial charge in [-0.3, -0.25) is 9.79 Å². The number of aliphatic imine (C=N–C) groups is 1. The molecule has 2 aromatic rings. The van der Waals surface area contributed by atoms with E-state index < -0.39 is 0 Å². The standard InChI is InChI=1S/C20H22N2O/c1-4-14-9-8-12-16-17(14)18(22-19(16)23)21-13-20(2,3)15-10-6-5-7-11-15/h5-12H,4,13H2,1-3H3,(H,21,22,23). The number of carbonyl (C=O) groups excluding carboxylic acids is 1. The Labute approximate surface area is 137 Å². The molecular weight excluding hydrogens is 284 g/mol. The Kier molecular flexibility index (Phi) is 4.03. The van der Waals surface area contributed by atoms with Crippen molar-refractivity contribution in [2.75, 3.05) is 6.54 Å². The Morgan fingerprint density at radius 2 is 1.78 bits per heavy atom. The zero-order valence-electron chi connectivity index (χ0n) is 13.9. The highest BCUT2D eigenvalue weighted by Gasteiger charge is 2.28. The van der Waals surface area contributed by atoms with E-state index in [4.69, 9.17) is 4.99 Å². The summed E-state index contributed by atoms with van der Waals surface area (Å²) in [4.78, 5) is 16.9. The van der Waals surface area contributed by atoms with E-state index in [-0.39, 0.29) is 11.3 Å². The number of amides is 1. The van der Waals surface area contributed by atoms with Crippen molar-refractivity contribution >= 4 is 11.7 Å². The maximum atomic E-state index is 12.1. The van der Waals surface area contributed by atoms with E-state index in [0.29, 0.717) is 12.4 Å². The molecule has 0 spiro atoms. The van der Waals surface area contributed by atoms with Gasteiger partial charge in [0.25, 0.3) is 5.91 Å². The number of hydrogen-bond donors (Lipinski definition) is 1. The van der Waals surface area contributed by atoms with E-state index in [2.05, 4.69) is 44.3 Å². The Morgan fingerprint density at radius 3 is 2.48 bits per heavy atom. The number of nitrogens with zero attached hydrogens (tertiary/aromatic N) is 1. The molecule has 0 saturated heterocycles. The summed E-state index contributed by atoms with van der Waals surface area (Å²) in [5, 5.41) is 2.93. The average molecular weight is 306 g/mol. The Balaban J connectivity index is 1.93. The van der Waals surface area contributed by atoms with Crippen LogP contribution in [0, 0.1) is 0 Å². The Morgan fingerprint density at radius 1 is 1.04 bits per heavy atom. The second-order valence-corrected chi connectivity index (χ2v) is 6.56. The van der Waals surface area contributed by atoms with E-state index in [1.807, 2.05) is 30.3 Å². The summed E-state index contributed by atoms with van der Waals surface area (Å²) in [5.74, 6) is 0.665. The summed E-state index contributed by atoms with van der Waals surface area (Å²) in [5.41, 5.74) is 4.04. The molecule has 2 aromatic carbocycles. The van der Waals surface area contributed by atoms with E-state index in [0.717, 1.165) is 23.1 Å². The van der Waals surface area contributed by atoms with Gasteiger partial charge in [0.2, 0.25) is 0 Å². The number of hydrogen-bond acceptors (Lipinski definition) is 2. The zero-order chi connectivity index (χ0) is 16.4. The van der Waals surface area contributed by atoms with Crippen LogP contribution in [0.15, 0.2) is 53.5 Å². The number of aryl methyl sites for hydroxylation is 1. The summed E-state index contributed by atoms with van der Waals surface area (Å²) >= 11 is 0. The topological polar surface area (TPSA) is 41.5 Å². The molecule has 0 aliphatic carbocycles. The van der Waals surface area contributed by atoms with Crippen LogP contribution >= 0.6 is 0 Å². The van der Waals surface area contributed by atoms with Crippen LogP contribution in [0.3, 0.4) is 0 Å². The second kappa shape index (κ2) is 5.99. The van der Waals surface area contributed by atoms with Gasteiger partial charge in [0.15, 0.2) is 0 Å². The average Bonchev–Trinajstić information content (AvgIpc) is 2.90. The van der Waals surface area contributed by atoms with Crippen LogP contribution in [-0.2, 0) is 11.8 Å². The molecule has 0 fully saturated rings. The normalized spacial score (nSPS) is 15.6. The van der Waals surface area contributed by atoms with E-state index in [1.54, 1.807) is 0 Å². The quantitative estimate of drug-likeness (QED) is 0.919. The molecule has 1 aliphatic heterocycles. The lowest BCUT2D eigenvalue weighted by Gasteiger charge is -2.23. The van der Waals surface area contributed by atoms with Crippen molar-refractivity contribution < 1.29 is 4.79 Å². The van der Waals surface area contributed by atoms with Gasteiger partial charge in [-0.25, -0.2) is 0 Å². The number of fused-ring (bicyclic) bond motifs is 1. The van der Waals surface area contributed by atoms with E-state index in [1.165, 1.54) is 5.56 Å². The molecule has 3 rings (SSSR count). The van der Waals surface area contributed by atoms with Crippen molar-refractivity contribution in [2.24, 2.45) is 4.99 Å². The van der Waals surface area contributed by atoms with Crippen LogP contribution in [0.4, 0.5) is 0 Å². The Hall–Kier alpha value is -2.42. The summed E-state index contributed by atoms with van der Waals surface area (Å²) < 4.78 is 0. The van der Waals surface area contributed by atoms with Crippen molar-refractivity contribution in [1.29, 1.82) is 0 Å². The van der Waals surface area contributed by atoms with Crippen LogP contribution in [-0.4, -0.2) is 18.3 Å². The summed E-state index contributed by atoms with van der Waals surface area (Å²) in [6, 6.07) is 16.2. The molecule has 0 saturated carbocycles. The molecule has 23 heavy (non-hydrogen) atoms. The molecule has 0 aromatic heterocycles. The Bertz CT molecular complexity index is 760. The first kappa shape index (κ1) is 15.5. The maximum Gasteiger partial charge on any atom is 0.257 e. The van der Waals surface area contributed by atoms with E-state index >= 15 is 0 Å². The molecule has 1 aliphatic rings. The molecule has 3 nitrogen and oxygen atoms in total. The van der Waals surface area contributed by atoms with Crippen LogP contribution in [0.1, 0.15) is 47.8 Å². The number of carbonyl (C=O) groups is 1. The van der Waals surface area contributed by atoms with Crippen molar-refractivity contribution in [3.63, 3.8) is 0 Å². The summed E-state index contributed by atoms with van der Waals surface area (Å²) in [6.07, 6.45) is 0.888. The SMILES string of the molecule is CCc1cccc2c1C(=NCC(C)(C)c1ccccc1)NC2=O. The fraction of sp³-hybridized carbons (Fsp3) is 0.300. The number of benzene rings is 2. The second-order valence-electron chi connectivity index (χ2n) is 6.56. The lowest BCUT2D eigenvalue weighted by Crippen LogP contribution is -2.26. The van der Waals surface area contributed by atoms with Crippen LogP contribution in [0.2, 0.25) is 0 Å². The van der Waals surface area contributed by atoms with Crippen molar-refractivity contribution in [2.45, 2.75) is 32.6 Å². The minimum absolute atomic E-state index is 0.0495. The van der Waals surface area contributed by atoms with Gasteiger partial charge < -0.3 is 5.32 Å². The molecule has 1 amide bonds. The molecule has 1 N–H and O–H groups in total. The predicted octanol–water partition coefficient (Wildman–Crippen LogP) is 3.72.